The van der Waals surface area contributed by atoms with Crippen molar-refractivity contribution < 1.29 is 38.0 Å². The van der Waals surface area contributed by atoms with Crippen molar-refractivity contribution in [3.63, 3.8) is 0 Å². The lowest BCUT2D eigenvalue weighted by Gasteiger charge is -2.43. The van der Waals surface area contributed by atoms with Crippen molar-refractivity contribution >= 4 is 41.4 Å². The Kier molecular flexibility index (Phi) is 14.8. The number of hydrogen-bond acceptors (Lipinski definition) is 12. The Balaban J connectivity index is 0.000000197. The summed E-state index contributed by atoms with van der Waals surface area (Å²) in [5, 5.41) is 18.5. The standard InChI is InChI=1S/C37H38N2O4Si.C21H20N2O4/c1-37(2,3)44(29-15-7-5-8-16-29,30-17-9-6-10-18-30)43-26-27-13-11-14-28(25-27)38-33-22-21-32(39-36(33)40-4)31-19-12-20-34-35(31)42-24-23-41-34;1-25-21-18(22-15-5-2-4-14(12-15)13-24)9-8-17(23-21)16-6-3-7-19-20(16)27-11-10-26-19/h5-22,25,38H,23-24,26H2,1-4H3;2-9,12,22,24H,10-11,13H2,1H3. The predicted molar refractivity (Wildman–Crippen MR) is 282 cm³/mol. The molecule has 0 saturated carbocycles. The molecule has 0 bridgehead atoms. The number of benzene rings is 6. The molecular weight excluding hydrogens is 909 g/mol. The molecule has 13 heteroatoms. The largest absolute Gasteiger partial charge is 0.486 e. The average Bonchev–Trinajstić information content (AvgIpc) is 3.41. The Hall–Kier alpha value is -7.84. The molecule has 0 unspecified atom stereocenters. The molecule has 0 spiro atoms. The zero-order valence-corrected chi connectivity index (χ0v) is 41.6. The maximum absolute atomic E-state index is 9.30. The first kappa shape index (κ1) is 48.2. The van der Waals surface area contributed by atoms with Crippen LogP contribution in [0.1, 0.15) is 31.9 Å². The van der Waals surface area contributed by atoms with Gasteiger partial charge in [-0.1, -0.05) is 118 Å². The third-order valence-corrected chi connectivity index (χ3v) is 17.2. The second-order valence-corrected chi connectivity index (χ2v) is 22.2. The topological polar surface area (TPSA) is 135 Å². The number of pyridine rings is 2. The van der Waals surface area contributed by atoms with Crippen LogP contribution in [0.3, 0.4) is 0 Å². The molecule has 6 aromatic carbocycles. The van der Waals surface area contributed by atoms with E-state index in [1.165, 1.54) is 10.4 Å². The van der Waals surface area contributed by atoms with E-state index in [0.29, 0.717) is 56.3 Å². The fraction of sp³-hybridized carbons (Fsp3) is 0.207. The summed E-state index contributed by atoms with van der Waals surface area (Å²) in [5.41, 5.74) is 8.41. The fourth-order valence-corrected chi connectivity index (χ4v) is 13.5. The van der Waals surface area contributed by atoms with E-state index in [1.807, 2.05) is 97.1 Å². The van der Waals surface area contributed by atoms with Gasteiger partial charge < -0.3 is 48.6 Å². The van der Waals surface area contributed by atoms with Crippen molar-refractivity contribution in [2.75, 3.05) is 51.3 Å². The van der Waals surface area contributed by atoms with Gasteiger partial charge in [-0.15, -0.1) is 0 Å². The normalized spacial score (nSPS) is 12.8. The predicted octanol–water partition coefficient (Wildman–Crippen LogP) is 11.1. The molecule has 0 saturated heterocycles. The third-order valence-electron chi connectivity index (χ3n) is 12.3. The minimum atomic E-state index is -2.66. The van der Waals surface area contributed by atoms with E-state index in [0.717, 1.165) is 67.9 Å². The van der Waals surface area contributed by atoms with Gasteiger partial charge in [0.1, 0.15) is 37.8 Å². The van der Waals surface area contributed by atoms with Crippen LogP contribution in [-0.2, 0) is 17.6 Å². The minimum Gasteiger partial charge on any atom is -0.486 e. The number of aliphatic hydroxyl groups excluding tert-OH is 1. The number of nitrogens with zero attached hydrogens (tertiary/aromatic N) is 2. The van der Waals surface area contributed by atoms with Gasteiger partial charge in [0.25, 0.3) is 8.32 Å². The highest BCUT2D eigenvalue weighted by atomic mass is 28.4. The molecule has 3 N–H and O–H groups in total. The summed E-state index contributed by atoms with van der Waals surface area (Å²) in [6, 6.07) is 56.7. The van der Waals surface area contributed by atoms with Gasteiger partial charge in [-0.25, -0.2) is 9.97 Å². The van der Waals surface area contributed by atoms with Crippen LogP contribution in [0.5, 0.6) is 34.8 Å². The van der Waals surface area contributed by atoms with E-state index < -0.39 is 8.32 Å². The SMILES string of the molecule is COc1nc(-c2cccc3c2OCCO3)ccc1Nc1cccc(CO)c1.COc1nc(-c2cccc3c2OCCO3)ccc1Nc1cccc(CO[Si](c2ccccc2)(c2ccccc2)C(C)(C)C)c1. The lowest BCUT2D eigenvalue weighted by atomic mass is 10.1. The zero-order valence-electron chi connectivity index (χ0n) is 40.6. The van der Waals surface area contributed by atoms with Crippen molar-refractivity contribution in [2.45, 2.75) is 39.0 Å². The van der Waals surface area contributed by atoms with Gasteiger partial charge in [-0.2, -0.15) is 0 Å². The molecule has 0 atom stereocenters. The highest BCUT2D eigenvalue weighted by Gasteiger charge is 2.50. The first-order chi connectivity index (χ1) is 34.7. The maximum atomic E-state index is 9.30. The van der Waals surface area contributed by atoms with Crippen molar-refractivity contribution in [3.8, 4) is 57.3 Å². The summed E-state index contributed by atoms with van der Waals surface area (Å²) in [4.78, 5) is 9.45. The number of hydrogen-bond donors (Lipinski definition) is 3. The molecule has 2 aliphatic heterocycles. The maximum Gasteiger partial charge on any atom is 0.261 e. The molecule has 10 rings (SSSR count). The second kappa shape index (κ2) is 21.8. The lowest BCUT2D eigenvalue weighted by molar-refractivity contribution is 0.172. The van der Waals surface area contributed by atoms with Gasteiger partial charge in [0.05, 0.1) is 38.8 Å². The number of rotatable bonds is 14. The van der Waals surface area contributed by atoms with Crippen LogP contribution in [0.4, 0.5) is 22.7 Å². The molecule has 0 radical (unpaired) electrons. The summed E-state index contributed by atoms with van der Waals surface area (Å²) in [7, 11) is 0.558. The molecule has 362 valence electrons. The van der Waals surface area contributed by atoms with Crippen LogP contribution in [0.15, 0.2) is 170 Å². The van der Waals surface area contributed by atoms with Crippen molar-refractivity contribution in [3.05, 3.63) is 181 Å². The smallest absolute Gasteiger partial charge is 0.261 e. The van der Waals surface area contributed by atoms with Gasteiger partial charge >= 0.3 is 0 Å². The molecule has 0 amide bonds. The molecule has 8 aromatic rings. The van der Waals surface area contributed by atoms with Crippen LogP contribution in [-0.4, -0.2) is 64.0 Å². The summed E-state index contributed by atoms with van der Waals surface area (Å²) < 4.78 is 41.5. The monoisotopic (exact) mass is 966 g/mol. The van der Waals surface area contributed by atoms with E-state index in [9.17, 15) is 5.11 Å². The fourth-order valence-electron chi connectivity index (χ4n) is 8.98. The number of fused-ring (bicyclic) bond motifs is 2. The second-order valence-electron chi connectivity index (χ2n) is 17.9. The first-order valence-corrected chi connectivity index (χ1v) is 25.5. The summed E-state index contributed by atoms with van der Waals surface area (Å²) >= 11 is 0. The van der Waals surface area contributed by atoms with Gasteiger partial charge in [-0.05, 0) is 99.3 Å². The quantitative estimate of drug-likeness (QED) is 0.0896. The van der Waals surface area contributed by atoms with Gasteiger partial charge in [-0.3, -0.25) is 0 Å². The van der Waals surface area contributed by atoms with Crippen molar-refractivity contribution in [1.29, 1.82) is 0 Å². The highest BCUT2D eigenvalue weighted by Crippen LogP contribution is 2.43. The molecular formula is C58H58N4O8Si. The van der Waals surface area contributed by atoms with E-state index >= 15 is 0 Å². The van der Waals surface area contributed by atoms with Crippen LogP contribution in [0, 0.1) is 0 Å². The summed E-state index contributed by atoms with van der Waals surface area (Å²) in [6.45, 7) is 9.48. The Morgan fingerprint density at radius 1 is 0.521 bits per heavy atom. The van der Waals surface area contributed by atoms with E-state index in [-0.39, 0.29) is 11.6 Å². The number of aliphatic hydroxyl groups is 1. The Morgan fingerprint density at radius 3 is 1.44 bits per heavy atom. The number of ether oxygens (including phenoxy) is 6. The number of methoxy groups -OCH3 is 2. The van der Waals surface area contributed by atoms with Gasteiger partial charge in [0, 0.05) is 22.5 Å². The lowest BCUT2D eigenvalue weighted by Crippen LogP contribution is -2.66. The number of aromatic nitrogens is 2. The van der Waals surface area contributed by atoms with E-state index in [2.05, 4.69) is 109 Å². The Morgan fingerprint density at radius 2 is 0.972 bits per heavy atom. The van der Waals surface area contributed by atoms with Crippen molar-refractivity contribution in [1.82, 2.24) is 9.97 Å². The number of nitrogens with one attached hydrogen (secondary N) is 2. The first-order valence-electron chi connectivity index (χ1n) is 23.6. The van der Waals surface area contributed by atoms with Gasteiger partial charge in [0.2, 0.25) is 11.8 Å². The van der Waals surface area contributed by atoms with E-state index in [1.54, 1.807) is 14.2 Å². The molecule has 2 aliphatic rings. The molecule has 0 fully saturated rings. The molecule has 4 heterocycles. The Labute approximate surface area is 416 Å². The Bertz CT molecular complexity index is 3040. The highest BCUT2D eigenvalue weighted by molar-refractivity contribution is 6.99. The average molecular weight is 967 g/mol. The van der Waals surface area contributed by atoms with Crippen LogP contribution in [0.25, 0.3) is 22.5 Å². The molecule has 0 aliphatic carbocycles. The number of para-hydroxylation sites is 2. The van der Waals surface area contributed by atoms with Crippen molar-refractivity contribution in [2.24, 2.45) is 0 Å². The summed E-state index contributed by atoms with van der Waals surface area (Å²) in [5.74, 6) is 3.83. The number of anilines is 4. The van der Waals surface area contributed by atoms with Crippen LogP contribution >= 0.6 is 0 Å². The van der Waals surface area contributed by atoms with Crippen LogP contribution < -0.4 is 49.4 Å². The molecule has 2 aromatic heterocycles. The molecule has 71 heavy (non-hydrogen) atoms. The zero-order chi connectivity index (χ0) is 49.2. The summed E-state index contributed by atoms with van der Waals surface area (Å²) in [6.07, 6.45) is 0. The van der Waals surface area contributed by atoms with Gasteiger partial charge in [0.15, 0.2) is 23.0 Å². The minimum absolute atomic E-state index is 0.00890. The third kappa shape index (κ3) is 10.7. The molecule has 12 nitrogen and oxygen atoms in total. The van der Waals surface area contributed by atoms with Crippen LogP contribution in [0.2, 0.25) is 5.04 Å². The van der Waals surface area contributed by atoms with E-state index in [4.69, 9.17) is 37.8 Å².